The number of carboxylic acid groups (broad SMARTS) is 2. The van der Waals surface area contributed by atoms with E-state index in [9.17, 15) is 49.5 Å². The van der Waals surface area contributed by atoms with Crippen molar-refractivity contribution in [2.24, 2.45) is 0 Å². The summed E-state index contributed by atoms with van der Waals surface area (Å²) in [7, 11) is 1.85. The molecule has 0 aliphatic carbocycles. The van der Waals surface area contributed by atoms with Crippen molar-refractivity contribution in [3.05, 3.63) is 0 Å². The second-order valence-electron chi connectivity index (χ2n) is 6.28. The van der Waals surface area contributed by atoms with Crippen LogP contribution in [-0.2, 0) is 52.4 Å². The van der Waals surface area contributed by atoms with Crippen molar-refractivity contribution < 1.29 is 113 Å². The van der Waals surface area contributed by atoms with Gasteiger partial charge in [-0.3, -0.25) is 4.79 Å². The number of hydrogen-bond acceptors (Lipinski definition) is 16. The van der Waals surface area contributed by atoms with E-state index in [1.165, 1.54) is 0 Å². The minimum Gasteiger partial charge on any atom is -0.547 e. The summed E-state index contributed by atoms with van der Waals surface area (Å²) in [4.78, 5) is 56.8. The Balaban J connectivity index is 0.0000109. The van der Waals surface area contributed by atoms with Crippen LogP contribution in [0.1, 0.15) is 0 Å². The monoisotopic (exact) mass is 508 g/mol. The number of carbonyl (C=O) groups is 5. The van der Waals surface area contributed by atoms with Crippen molar-refractivity contribution in [1.82, 2.24) is 0 Å². The molecule has 18 heteroatoms. The molecule has 188 valence electrons. The molecular formula is C16H21NaO17. The summed E-state index contributed by atoms with van der Waals surface area (Å²) in [5, 5.41) is 58.2. The van der Waals surface area contributed by atoms with Crippen molar-refractivity contribution in [2.75, 3.05) is 14.2 Å². The van der Waals surface area contributed by atoms with Gasteiger partial charge in [0.05, 0.1) is 5.97 Å². The summed E-state index contributed by atoms with van der Waals surface area (Å²) >= 11 is 0. The van der Waals surface area contributed by atoms with Crippen molar-refractivity contribution in [3.63, 3.8) is 0 Å². The normalized spacial score (nSPS) is 27.6. The number of ether oxygens (including phenoxy) is 6. The molecule has 0 bridgehead atoms. The topological polar surface area (TPSA) is 265 Å². The van der Waals surface area contributed by atoms with Crippen molar-refractivity contribution in [2.45, 2.75) is 55.3 Å². The number of carboxylic acids is 2. The first-order valence-corrected chi connectivity index (χ1v) is 8.78. The first kappa shape index (κ1) is 32.1. The van der Waals surface area contributed by atoms with Crippen LogP contribution in [0.2, 0.25) is 0 Å². The van der Waals surface area contributed by atoms with Gasteiger partial charge in [0, 0.05) is 14.2 Å². The van der Waals surface area contributed by atoms with Gasteiger partial charge < -0.3 is 63.9 Å². The second-order valence-corrected chi connectivity index (χ2v) is 6.28. The quantitative estimate of drug-likeness (QED) is 0.0538. The SMILES string of the molecule is COC1OC(C(=O)[O-])C(OC)C(OC(=O)[C@H](O)[C@@H](O)OC=O)C1OC(=O)[C@H](O)[C@@H](O)C(=O)O.[Na+]. The maximum atomic E-state index is 12.2. The van der Waals surface area contributed by atoms with Crippen LogP contribution < -0.4 is 34.7 Å². The van der Waals surface area contributed by atoms with Crippen LogP contribution in [0.4, 0.5) is 0 Å². The van der Waals surface area contributed by atoms with Gasteiger partial charge in [0.1, 0.15) is 12.2 Å². The number of aliphatic carboxylic acids is 2. The maximum Gasteiger partial charge on any atom is 1.00 e. The van der Waals surface area contributed by atoms with E-state index in [1.54, 1.807) is 0 Å². The molecule has 1 aliphatic rings. The van der Waals surface area contributed by atoms with Crippen LogP contribution in [0, 0.1) is 0 Å². The molecular weight excluding hydrogens is 487 g/mol. The van der Waals surface area contributed by atoms with Gasteiger partial charge in [-0.1, -0.05) is 0 Å². The van der Waals surface area contributed by atoms with E-state index >= 15 is 0 Å². The molecule has 0 radical (unpaired) electrons. The second kappa shape index (κ2) is 14.5. The Morgan fingerprint density at radius 3 is 1.85 bits per heavy atom. The van der Waals surface area contributed by atoms with E-state index in [0.717, 1.165) is 14.2 Å². The van der Waals surface area contributed by atoms with Gasteiger partial charge in [-0.2, -0.15) is 0 Å². The molecule has 1 heterocycles. The molecule has 1 fully saturated rings. The molecule has 0 aromatic rings. The van der Waals surface area contributed by atoms with Gasteiger partial charge in [0.15, 0.2) is 30.7 Å². The summed E-state index contributed by atoms with van der Waals surface area (Å²) in [5.41, 5.74) is 0. The fraction of sp³-hybridized carbons (Fsp3) is 0.688. The summed E-state index contributed by atoms with van der Waals surface area (Å²) in [6.07, 6.45) is -19.9. The number of methoxy groups -OCH3 is 2. The van der Waals surface area contributed by atoms with E-state index in [0.29, 0.717) is 0 Å². The van der Waals surface area contributed by atoms with E-state index in [1.807, 2.05) is 0 Å². The Labute approximate surface area is 212 Å². The molecule has 0 saturated carbocycles. The average Bonchev–Trinajstić information content (AvgIpc) is 2.77. The molecule has 5 N–H and O–H groups in total. The van der Waals surface area contributed by atoms with Gasteiger partial charge in [-0.25, -0.2) is 14.4 Å². The van der Waals surface area contributed by atoms with Crippen LogP contribution in [0.5, 0.6) is 0 Å². The van der Waals surface area contributed by atoms with Gasteiger partial charge in [-0.05, 0) is 0 Å². The Bertz CT molecular complexity index is 730. The number of rotatable bonds is 12. The largest absolute Gasteiger partial charge is 1.00 e. The molecule has 1 saturated heterocycles. The Morgan fingerprint density at radius 1 is 0.882 bits per heavy atom. The third-order valence-corrected chi connectivity index (χ3v) is 4.24. The third kappa shape index (κ3) is 7.80. The molecule has 0 amide bonds. The fourth-order valence-electron chi connectivity index (χ4n) is 2.63. The number of hydrogen-bond donors (Lipinski definition) is 5. The minimum absolute atomic E-state index is 0. The Hall–Kier alpha value is -1.93. The zero-order valence-electron chi connectivity index (χ0n) is 17.9. The average molecular weight is 508 g/mol. The summed E-state index contributed by atoms with van der Waals surface area (Å²) in [5.74, 6) is -7.41. The fourth-order valence-corrected chi connectivity index (χ4v) is 2.63. The molecule has 0 aromatic carbocycles. The molecule has 34 heavy (non-hydrogen) atoms. The number of carbonyl (C=O) groups excluding carboxylic acids is 4. The predicted molar refractivity (Wildman–Crippen MR) is 90.0 cm³/mol. The van der Waals surface area contributed by atoms with Crippen LogP contribution in [0.15, 0.2) is 0 Å². The van der Waals surface area contributed by atoms with E-state index in [2.05, 4.69) is 4.74 Å². The molecule has 1 rings (SSSR count). The molecule has 17 nitrogen and oxygen atoms in total. The smallest absolute Gasteiger partial charge is 0.547 e. The summed E-state index contributed by atoms with van der Waals surface area (Å²) in [6.45, 7) is -0.305. The van der Waals surface area contributed by atoms with E-state index < -0.39 is 79.2 Å². The number of aliphatic hydroxyl groups excluding tert-OH is 4. The minimum atomic E-state index is -2.65. The van der Waals surface area contributed by atoms with Gasteiger partial charge >= 0.3 is 47.5 Å². The zero-order chi connectivity index (χ0) is 25.5. The molecule has 9 atom stereocenters. The number of esters is 2. The standard InChI is InChI=1S/C16H22O17.Na/c1-28-7-8(31-15(27)6(20)13(25)30-3-17)10(16(29-2)33-9(7)12(23)24)32-14(26)5(19)4(18)11(21)22;/h3-10,13,16,18-20,25H,1-2H3,(H,21,22)(H,23,24);/q;+1/p-1/t4-,5-,6-,7?,8?,9?,10?,13+,16?;/m1./s1. The van der Waals surface area contributed by atoms with Gasteiger partial charge in [0.2, 0.25) is 12.4 Å². The van der Waals surface area contributed by atoms with Crippen molar-refractivity contribution >= 4 is 30.3 Å². The van der Waals surface area contributed by atoms with Crippen molar-refractivity contribution in [3.8, 4) is 0 Å². The molecule has 1 aliphatic heterocycles. The van der Waals surface area contributed by atoms with Gasteiger partial charge in [0.25, 0.3) is 6.47 Å². The van der Waals surface area contributed by atoms with E-state index in [4.69, 9.17) is 28.8 Å². The molecule has 0 spiro atoms. The van der Waals surface area contributed by atoms with Crippen LogP contribution in [-0.4, -0.2) is 125 Å². The summed E-state index contributed by atoms with van der Waals surface area (Å²) < 4.78 is 28.5. The maximum absolute atomic E-state index is 12.2. The zero-order valence-corrected chi connectivity index (χ0v) is 19.9. The van der Waals surface area contributed by atoms with Gasteiger partial charge in [-0.15, -0.1) is 0 Å². The van der Waals surface area contributed by atoms with Crippen molar-refractivity contribution in [1.29, 1.82) is 0 Å². The van der Waals surface area contributed by atoms with Crippen LogP contribution >= 0.6 is 0 Å². The summed E-state index contributed by atoms with van der Waals surface area (Å²) in [6, 6.07) is 0. The first-order chi connectivity index (χ1) is 15.4. The molecule has 5 unspecified atom stereocenters. The van der Waals surface area contributed by atoms with E-state index in [-0.39, 0.29) is 36.0 Å². The van der Waals surface area contributed by atoms with Crippen LogP contribution in [0.3, 0.4) is 0 Å². The first-order valence-electron chi connectivity index (χ1n) is 8.78. The van der Waals surface area contributed by atoms with Crippen LogP contribution in [0.25, 0.3) is 0 Å². The Morgan fingerprint density at radius 2 is 1.41 bits per heavy atom. The predicted octanol–water partition coefficient (Wildman–Crippen LogP) is -9.39. The number of aliphatic hydroxyl groups is 4. The Kier molecular flexibility index (Phi) is 13.6. The third-order valence-electron chi connectivity index (χ3n) is 4.24. The molecule has 0 aromatic heterocycles.